The molecule has 0 spiro atoms. The lowest BCUT2D eigenvalue weighted by Gasteiger charge is -2.55. The summed E-state index contributed by atoms with van der Waals surface area (Å²) in [6.45, 7) is 7.23. The van der Waals surface area contributed by atoms with Gasteiger partial charge in [-0.25, -0.2) is 4.79 Å². The maximum Gasteiger partial charge on any atom is 0.407 e. The Morgan fingerprint density at radius 3 is 2.00 bits per heavy atom. The highest BCUT2D eigenvalue weighted by molar-refractivity contribution is 6.73. The molecule has 5 fully saturated rings. The zero-order valence-electron chi connectivity index (χ0n) is 25.4. The van der Waals surface area contributed by atoms with E-state index in [-0.39, 0.29) is 11.7 Å². The van der Waals surface area contributed by atoms with Crippen LogP contribution in [0.2, 0.25) is 18.1 Å². The van der Waals surface area contributed by atoms with Gasteiger partial charge in [0.05, 0.1) is 12.7 Å². The van der Waals surface area contributed by atoms with Crippen molar-refractivity contribution in [3.63, 3.8) is 0 Å². The first kappa shape index (κ1) is 31.6. The fourth-order valence-corrected chi connectivity index (χ4v) is 13.2. The van der Waals surface area contributed by atoms with Gasteiger partial charge in [0.1, 0.15) is 11.6 Å². The van der Waals surface area contributed by atoms with Crippen molar-refractivity contribution in [1.82, 2.24) is 5.32 Å². The molecule has 228 valence electrons. The molecule has 1 amide bonds. The lowest BCUT2D eigenvalue weighted by molar-refractivity contribution is -0.202. The fraction of sp³-hybridized carbons (Fsp3) is 0.967. The molecule has 4 bridgehead atoms. The van der Waals surface area contributed by atoms with Crippen LogP contribution in [0.5, 0.6) is 0 Å². The summed E-state index contributed by atoms with van der Waals surface area (Å²) in [5.41, 5.74) is 8.97. The number of azide groups is 1. The molecule has 4 aliphatic carbocycles. The molecule has 10 heteroatoms. The molecule has 1 saturated heterocycles. The number of hydrogen-bond acceptors (Lipinski definition) is 6. The van der Waals surface area contributed by atoms with Gasteiger partial charge in [0.25, 0.3) is 0 Å². The predicted octanol–water partition coefficient (Wildman–Crippen LogP) is 7.85. The molecule has 1 aliphatic heterocycles. The Labute approximate surface area is 242 Å². The standard InChI is InChI=1S/C30H54N4O5Si/c1-5-8-11-40(12-9-6-2,13-10-7-3)37-21-25-17-26(27(33-34-31)28(36-4)38-25)32-29(35)39-30-18-22-14-23(19-30)16-24(15-22)20-30/h22-28H,5-21H2,1-4H3,(H,32,35)/t22?,23?,24?,25-,26-,27-,28-,30?/m1/s1. The Hall–Kier alpha value is -1.32. The SMILES string of the molecule is CCCC[Si](CCCC)(CCCC)OC[C@H]1C[C@@H](NC(=O)OC23CC4CC(CC(C4)C2)C3)[C@@H](N=[N+]=[N-])[C@H](OC)O1. The smallest absolute Gasteiger partial charge is 0.407 e. The van der Waals surface area contributed by atoms with Gasteiger partial charge in [-0.2, -0.15) is 0 Å². The second-order valence-corrected chi connectivity index (χ2v) is 17.5. The van der Waals surface area contributed by atoms with Crippen molar-refractivity contribution in [1.29, 1.82) is 0 Å². The summed E-state index contributed by atoms with van der Waals surface area (Å²) in [6, 6.07) is 2.44. The van der Waals surface area contributed by atoms with E-state index in [0.29, 0.717) is 30.8 Å². The van der Waals surface area contributed by atoms with Gasteiger partial charge in [0.2, 0.25) is 0 Å². The third-order valence-corrected chi connectivity index (χ3v) is 14.7. The van der Waals surface area contributed by atoms with Gasteiger partial charge >= 0.3 is 6.09 Å². The van der Waals surface area contributed by atoms with Crippen LogP contribution in [-0.2, 0) is 18.6 Å². The summed E-state index contributed by atoms with van der Waals surface area (Å²) in [7, 11) is -0.366. The average Bonchev–Trinajstić information content (AvgIpc) is 2.92. The number of carbonyl (C=O) groups excluding carboxylic acids is 1. The highest BCUT2D eigenvalue weighted by atomic mass is 28.4. The van der Waals surface area contributed by atoms with E-state index in [2.05, 4.69) is 36.1 Å². The molecule has 9 nitrogen and oxygen atoms in total. The van der Waals surface area contributed by atoms with E-state index in [4.69, 9.17) is 18.6 Å². The number of unbranched alkanes of at least 4 members (excludes halogenated alkanes) is 3. The highest BCUT2D eigenvalue weighted by Crippen LogP contribution is 2.57. The average molecular weight is 579 g/mol. The molecule has 4 saturated carbocycles. The molecule has 0 radical (unpaired) electrons. The monoisotopic (exact) mass is 578 g/mol. The number of hydrogen-bond donors (Lipinski definition) is 1. The van der Waals surface area contributed by atoms with E-state index in [0.717, 1.165) is 19.3 Å². The van der Waals surface area contributed by atoms with E-state index in [1.54, 1.807) is 7.11 Å². The van der Waals surface area contributed by atoms with Crippen LogP contribution in [0.15, 0.2) is 5.11 Å². The Balaban J connectivity index is 1.42. The van der Waals surface area contributed by atoms with Crippen LogP contribution in [0.1, 0.15) is 104 Å². The molecule has 0 aromatic rings. The van der Waals surface area contributed by atoms with Gasteiger partial charge < -0.3 is 24.0 Å². The summed E-state index contributed by atoms with van der Waals surface area (Å²) >= 11 is 0. The van der Waals surface area contributed by atoms with Gasteiger partial charge in [0, 0.05) is 18.1 Å². The van der Waals surface area contributed by atoms with Crippen molar-refractivity contribution in [2.75, 3.05) is 13.7 Å². The minimum absolute atomic E-state index is 0.253. The number of nitrogens with zero attached hydrogens (tertiary/aromatic N) is 3. The second-order valence-electron chi connectivity index (χ2n) is 13.3. The number of ether oxygens (including phenoxy) is 3. The Morgan fingerprint density at radius 2 is 1.52 bits per heavy atom. The van der Waals surface area contributed by atoms with Crippen molar-refractivity contribution in [2.45, 2.75) is 152 Å². The lowest BCUT2D eigenvalue weighted by Crippen LogP contribution is -2.59. The van der Waals surface area contributed by atoms with Crippen molar-refractivity contribution in [3.05, 3.63) is 10.4 Å². The van der Waals surface area contributed by atoms with E-state index in [9.17, 15) is 10.3 Å². The third-order valence-electron chi connectivity index (χ3n) is 10.1. The van der Waals surface area contributed by atoms with Crippen LogP contribution in [-0.4, -0.2) is 58.2 Å². The Kier molecular flexibility index (Phi) is 11.6. The predicted molar refractivity (Wildman–Crippen MR) is 158 cm³/mol. The van der Waals surface area contributed by atoms with E-state index in [1.165, 1.54) is 75.9 Å². The fourth-order valence-electron chi connectivity index (χ4n) is 8.47. The molecule has 1 N–H and O–H groups in total. The maximum atomic E-state index is 13.3. The molecule has 1 heterocycles. The summed E-state index contributed by atoms with van der Waals surface area (Å²) < 4.78 is 25.1. The molecule has 5 aliphatic rings. The minimum atomic E-state index is -1.92. The van der Waals surface area contributed by atoms with Crippen molar-refractivity contribution in [2.24, 2.45) is 22.9 Å². The van der Waals surface area contributed by atoms with Crippen molar-refractivity contribution in [3.8, 4) is 0 Å². The minimum Gasteiger partial charge on any atom is -0.443 e. The lowest BCUT2D eigenvalue weighted by atomic mass is 9.54. The number of carbonyl (C=O) groups is 1. The first-order chi connectivity index (χ1) is 19.4. The number of methoxy groups -OCH3 is 1. The molecule has 40 heavy (non-hydrogen) atoms. The van der Waals surface area contributed by atoms with Gasteiger partial charge in [-0.05, 0) is 86.4 Å². The van der Waals surface area contributed by atoms with E-state index < -0.39 is 32.8 Å². The second kappa shape index (κ2) is 14.7. The van der Waals surface area contributed by atoms with Crippen LogP contribution < -0.4 is 5.32 Å². The zero-order valence-corrected chi connectivity index (χ0v) is 26.4. The van der Waals surface area contributed by atoms with Crippen LogP contribution in [0.4, 0.5) is 4.79 Å². The Bertz CT molecular complexity index is 812. The molecule has 0 aromatic carbocycles. The number of alkyl carbamates (subject to hydrolysis) is 1. The van der Waals surface area contributed by atoms with Crippen molar-refractivity contribution >= 4 is 14.4 Å². The molecule has 5 rings (SSSR count). The van der Waals surface area contributed by atoms with E-state index in [1.807, 2.05) is 0 Å². The van der Waals surface area contributed by atoms with Crippen LogP contribution in [0, 0.1) is 17.8 Å². The van der Waals surface area contributed by atoms with Crippen LogP contribution in [0.25, 0.3) is 10.4 Å². The molecule has 4 atom stereocenters. The van der Waals surface area contributed by atoms with Crippen LogP contribution in [0.3, 0.4) is 0 Å². The van der Waals surface area contributed by atoms with Gasteiger partial charge in [-0.3, -0.25) is 0 Å². The molecule has 0 aromatic heterocycles. The molecular formula is C30H54N4O5Si. The Morgan fingerprint density at radius 1 is 0.975 bits per heavy atom. The molecule has 0 unspecified atom stereocenters. The van der Waals surface area contributed by atoms with Crippen molar-refractivity contribution < 1.29 is 23.4 Å². The molecular weight excluding hydrogens is 524 g/mol. The summed E-state index contributed by atoms with van der Waals surface area (Å²) in [5, 5.41) is 7.08. The van der Waals surface area contributed by atoms with Gasteiger partial charge in [0.15, 0.2) is 14.6 Å². The van der Waals surface area contributed by atoms with Gasteiger partial charge in [-0.15, -0.1) is 0 Å². The number of rotatable bonds is 16. The summed E-state index contributed by atoms with van der Waals surface area (Å²) in [4.78, 5) is 16.4. The summed E-state index contributed by atoms with van der Waals surface area (Å²) in [5.74, 6) is 2.07. The largest absolute Gasteiger partial charge is 0.443 e. The number of nitrogens with one attached hydrogen (secondary N) is 1. The maximum absolute atomic E-state index is 13.3. The van der Waals surface area contributed by atoms with Gasteiger partial charge in [-0.1, -0.05) is 64.4 Å². The normalized spacial score (nSPS) is 34.9. The first-order valence-electron chi connectivity index (χ1n) is 16.2. The quantitative estimate of drug-likeness (QED) is 0.0866. The summed E-state index contributed by atoms with van der Waals surface area (Å²) in [6.07, 6.45) is 13.0. The topological polar surface area (TPSA) is 115 Å². The van der Waals surface area contributed by atoms with E-state index >= 15 is 0 Å². The highest BCUT2D eigenvalue weighted by Gasteiger charge is 2.53. The van der Waals surface area contributed by atoms with Crippen LogP contribution >= 0.6 is 0 Å². The zero-order chi connectivity index (χ0) is 28.6. The first-order valence-corrected chi connectivity index (χ1v) is 18.8. The third kappa shape index (κ3) is 7.94. The number of amides is 1.